The molecule has 1 fully saturated rings. The number of carbonyl (C=O) groups excluding carboxylic acids is 1. The standard InChI is InChI=1S/C19H23NO4.ClH/c1-20-7-6-19-10-14(21)16(24-3)9-12(19)13(20)8-11-4-5-15(23-2)18(22)17(11)19;/h4-5,9,12-13,22H,6-8,10H2,1-3H3;1H/t12-,13?,19-;/m1./s1. The zero-order valence-corrected chi connectivity index (χ0v) is 15.6. The van der Waals surface area contributed by atoms with Crippen LogP contribution < -0.4 is 4.74 Å². The Balaban J connectivity index is 0.00000182. The van der Waals surface area contributed by atoms with Crippen molar-refractivity contribution in [2.75, 3.05) is 27.8 Å². The van der Waals surface area contributed by atoms with Gasteiger partial charge in [0.05, 0.1) is 14.2 Å². The molecule has 1 aromatic rings. The second-order valence-corrected chi connectivity index (χ2v) is 7.17. The number of likely N-dealkylation sites (N-methyl/N-ethyl adjacent to an activating group) is 1. The Morgan fingerprint density at radius 3 is 2.72 bits per heavy atom. The zero-order valence-electron chi connectivity index (χ0n) is 14.7. The number of methoxy groups -OCH3 is 2. The lowest BCUT2D eigenvalue weighted by molar-refractivity contribution is -0.122. The lowest BCUT2D eigenvalue weighted by Crippen LogP contribution is -2.60. The molecule has 1 aromatic carbocycles. The fourth-order valence-electron chi connectivity index (χ4n) is 5.03. The molecule has 6 heteroatoms. The number of phenols is 1. The molecule has 5 nitrogen and oxygen atoms in total. The van der Waals surface area contributed by atoms with E-state index in [0.717, 1.165) is 30.5 Å². The van der Waals surface area contributed by atoms with Crippen LogP contribution in [0.25, 0.3) is 0 Å². The van der Waals surface area contributed by atoms with Gasteiger partial charge in [0.25, 0.3) is 0 Å². The molecule has 0 saturated carbocycles. The predicted molar refractivity (Wildman–Crippen MR) is 96.5 cm³/mol. The molecule has 2 bridgehead atoms. The van der Waals surface area contributed by atoms with E-state index in [1.807, 2.05) is 18.2 Å². The van der Waals surface area contributed by atoms with E-state index in [1.54, 1.807) is 14.2 Å². The van der Waals surface area contributed by atoms with Crippen molar-refractivity contribution in [3.05, 3.63) is 35.1 Å². The maximum absolute atomic E-state index is 12.6. The average Bonchev–Trinajstić information content (AvgIpc) is 2.57. The van der Waals surface area contributed by atoms with Crippen molar-refractivity contribution in [1.29, 1.82) is 0 Å². The Bertz CT molecular complexity index is 747. The van der Waals surface area contributed by atoms with Crippen molar-refractivity contribution in [2.45, 2.75) is 30.7 Å². The van der Waals surface area contributed by atoms with E-state index in [2.05, 4.69) is 11.9 Å². The third-order valence-electron chi connectivity index (χ3n) is 6.21. The Kier molecular flexibility index (Phi) is 4.50. The molecule has 2 aliphatic carbocycles. The van der Waals surface area contributed by atoms with Gasteiger partial charge in [-0.2, -0.15) is 0 Å². The third kappa shape index (κ3) is 2.36. The molecule has 0 amide bonds. The Morgan fingerprint density at radius 2 is 2.04 bits per heavy atom. The van der Waals surface area contributed by atoms with Crippen LogP contribution in [0.2, 0.25) is 0 Å². The van der Waals surface area contributed by atoms with Gasteiger partial charge >= 0.3 is 0 Å². The fourth-order valence-corrected chi connectivity index (χ4v) is 5.03. The summed E-state index contributed by atoms with van der Waals surface area (Å²) in [7, 11) is 5.25. The largest absolute Gasteiger partial charge is 0.504 e. The summed E-state index contributed by atoms with van der Waals surface area (Å²) < 4.78 is 10.6. The second kappa shape index (κ2) is 6.22. The summed E-state index contributed by atoms with van der Waals surface area (Å²) in [6.07, 6.45) is 4.08. The lowest BCUT2D eigenvalue weighted by atomic mass is 9.53. The quantitative estimate of drug-likeness (QED) is 0.872. The van der Waals surface area contributed by atoms with Crippen LogP contribution in [0.3, 0.4) is 0 Å². The van der Waals surface area contributed by atoms with Gasteiger partial charge in [0.1, 0.15) is 0 Å². The first kappa shape index (κ1) is 18.1. The van der Waals surface area contributed by atoms with E-state index < -0.39 is 0 Å². The number of Topliss-reactive ketones (excluding diaryl/α,β-unsaturated/α-hetero) is 1. The first-order valence-corrected chi connectivity index (χ1v) is 8.40. The van der Waals surface area contributed by atoms with Crippen LogP contribution in [0.1, 0.15) is 24.0 Å². The van der Waals surface area contributed by atoms with Crippen molar-refractivity contribution in [3.8, 4) is 11.5 Å². The molecule has 0 radical (unpaired) electrons. The number of phenolic OH excluding ortho intramolecular Hbond substituents is 1. The van der Waals surface area contributed by atoms with Crippen LogP contribution in [-0.4, -0.2) is 49.6 Å². The van der Waals surface area contributed by atoms with Crippen LogP contribution >= 0.6 is 12.4 Å². The van der Waals surface area contributed by atoms with Crippen molar-refractivity contribution in [2.24, 2.45) is 5.92 Å². The molecule has 136 valence electrons. The van der Waals surface area contributed by atoms with Gasteiger partial charge in [-0.25, -0.2) is 0 Å². The second-order valence-electron chi connectivity index (χ2n) is 7.17. The van der Waals surface area contributed by atoms with Crippen LogP contribution in [0.5, 0.6) is 11.5 Å². The molecule has 3 aliphatic rings. The Labute approximate surface area is 154 Å². The maximum Gasteiger partial charge on any atom is 0.197 e. The summed E-state index contributed by atoms with van der Waals surface area (Å²) in [6.45, 7) is 0.917. The summed E-state index contributed by atoms with van der Waals surface area (Å²) in [5, 5.41) is 10.9. The summed E-state index contributed by atoms with van der Waals surface area (Å²) in [4.78, 5) is 15.0. The summed E-state index contributed by atoms with van der Waals surface area (Å²) >= 11 is 0. The molecule has 4 rings (SSSR count). The molecule has 1 aliphatic heterocycles. The van der Waals surface area contributed by atoms with Crippen molar-refractivity contribution in [3.63, 3.8) is 0 Å². The number of piperidine rings is 1. The number of ether oxygens (including phenoxy) is 2. The molecule has 0 aromatic heterocycles. The SMILES string of the molecule is COC1=C[C@@H]2C3Cc4ccc(OC)c(O)c4[C@]2(CCN3C)CC1=O.Cl. The number of likely N-dealkylation sites (tertiary alicyclic amines) is 1. The van der Waals surface area contributed by atoms with Gasteiger partial charge in [-0.3, -0.25) is 4.79 Å². The van der Waals surface area contributed by atoms with Crippen LogP contribution in [-0.2, 0) is 21.4 Å². The topological polar surface area (TPSA) is 59.0 Å². The number of hydrogen-bond donors (Lipinski definition) is 1. The van der Waals surface area contributed by atoms with Gasteiger partial charge in [-0.15, -0.1) is 12.4 Å². The zero-order chi connectivity index (χ0) is 17.1. The smallest absolute Gasteiger partial charge is 0.197 e. The van der Waals surface area contributed by atoms with Gasteiger partial charge in [0.15, 0.2) is 23.0 Å². The van der Waals surface area contributed by atoms with Crippen LogP contribution in [0.15, 0.2) is 24.0 Å². The number of halogens is 1. The summed E-state index contributed by atoms with van der Waals surface area (Å²) in [5.74, 6) is 1.32. The van der Waals surface area contributed by atoms with E-state index >= 15 is 0 Å². The lowest BCUT2D eigenvalue weighted by Gasteiger charge is -2.56. The Hall–Kier alpha value is -1.72. The first-order chi connectivity index (χ1) is 11.5. The number of hydrogen-bond acceptors (Lipinski definition) is 5. The van der Waals surface area contributed by atoms with E-state index in [0.29, 0.717) is 24.0 Å². The Morgan fingerprint density at radius 1 is 1.28 bits per heavy atom. The predicted octanol–water partition coefficient (Wildman–Crippen LogP) is 2.44. The molecule has 1 heterocycles. The van der Waals surface area contributed by atoms with Gasteiger partial charge in [0, 0.05) is 29.4 Å². The number of ketones is 1. The number of carbonyl (C=O) groups is 1. The minimum absolute atomic E-state index is 0. The van der Waals surface area contributed by atoms with E-state index in [4.69, 9.17) is 9.47 Å². The number of nitrogens with zero attached hydrogens (tertiary/aromatic N) is 1. The monoisotopic (exact) mass is 365 g/mol. The van der Waals surface area contributed by atoms with Gasteiger partial charge in [-0.05, 0) is 44.1 Å². The third-order valence-corrected chi connectivity index (χ3v) is 6.21. The van der Waals surface area contributed by atoms with Crippen molar-refractivity contribution >= 4 is 18.2 Å². The molecular formula is C19H24ClNO4. The minimum Gasteiger partial charge on any atom is -0.504 e. The summed E-state index contributed by atoms with van der Waals surface area (Å²) in [6, 6.07) is 4.18. The van der Waals surface area contributed by atoms with E-state index in [1.165, 1.54) is 0 Å². The highest BCUT2D eigenvalue weighted by Gasteiger charge is 2.56. The molecule has 3 atom stereocenters. The molecule has 0 spiro atoms. The van der Waals surface area contributed by atoms with E-state index in [9.17, 15) is 9.90 Å². The minimum atomic E-state index is -0.359. The highest BCUT2D eigenvalue weighted by Crippen LogP contribution is 2.57. The first-order valence-electron chi connectivity index (χ1n) is 8.40. The molecule has 1 saturated heterocycles. The van der Waals surface area contributed by atoms with Crippen molar-refractivity contribution < 1.29 is 19.4 Å². The number of allylic oxidation sites excluding steroid dienone is 1. The normalized spacial score (nSPS) is 30.5. The fraction of sp³-hybridized carbons (Fsp3) is 0.526. The van der Waals surface area contributed by atoms with Gasteiger partial charge in [0.2, 0.25) is 0 Å². The number of aromatic hydroxyl groups is 1. The highest BCUT2D eigenvalue weighted by molar-refractivity contribution is 5.96. The number of rotatable bonds is 2. The van der Waals surface area contributed by atoms with Crippen LogP contribution in [0.4, 0.5) is 0 Å². The van der Waals surface area contributed by atoms with Gasteiger partial charge in [-0.1, -0.05) is 6.07 Å². The number of benzene rings is 1. The maximum atomic E-state index is 12.6. The van der Waals surface area contributed by atoms with Gasteiger partial charge < -0.3 is 19.5 Å². The van der Waals surface area contributed by atoms with Crippen molar-refractivity contribution in [1.82, 2.24) is 4.90 Å². The van der Waals surface area contributed by atoms with Crippen LogP contribution in [0, 0.1) is 5.92 Å². The number of fused-ring (bicyclic) bond motifs is 1. The summed E-state index contributed by atoms with van der Waals surface area (Å²) in [5.41, 5.74) is 1.68. The molecule has 25 heavy (non-hydrogen) atoms. The average molecular weight is 366 g/mol. The molecule has 1 unspecified atom stereocenters. The van der Waals surface area contributed by atoms with E-state index in [-0.39, 0.29) is 35.3 Å². The molecular weight excluding hydrogens is 342 g/mol. The highest BCUT2D eigenvalue weighted by atomic mass is 35.5. The molecule has 1 N–H and O–H groups in total.